The summed E-state index contributed by atoms with van der Waals surface area (Å²) in [5.74, 6) is -1.22. The summed E-state index contributed by atoms with van der Waals surface area (Å²) >= 11 is 0. The van der Waals surface area contributed by atoms with Gasteiger partial charge in [-0.15, -0.1) is 0 Å². The minimum Gasteiger partial charge on any atom is -0.463 e. The van der Waals surface area contributed by atoms with Gasteiger partial charge < -0.3 is 50.0 Å². The highest BCUT2D eigenvalue weighted by Crippen LogP contribution is 2.44. The molecular formula is C33H36N2O11. The Morgan fingerprint density at radius 1 is 0.848 bits per heavy atom. The number of amides is 2. The van der Waals surface area contributed by atoms with Crippen molar-refractivity contribution in [3.05, 3.63) is 83.4 Å². The Balaban J connectivity index is 1.15. The molecule has 13 nitrogen and oxygen atoms in total. The molecule has 1 saturated heterocycles. The van der Waals surface area contributed by atoms with E-state index >= 15 is 0 Å². The number of ether oxygens (including phenoxy) is 4. The van der Waals surface area contributed by atoms with Crippen LogP contribution >= 0.6 is 0 Å². The Morgan fingerprint density at radius 3 is 2.17 bits per heavy atom. The molecule has 13 heteroatoms. The number of benzene rings is 3. The molecule has 0 unspecified atom stereocenters. The number of carbonyl (C=O) groups excluding carboxylic acids is 3. The van der Waals surface area contributed by atoms with Crippen LogP contribution in [0.1, 0.15) is 36.0 Å². The van der Waals surface area contributed by atoms with Crippen LogP contribution in [0.25, 0.3) is 11.1 Å². The summed E-state index contributed by atoms with van der Waals surface area (Å²) in [4.78, 5) is 36.5. The molecular weight excluding hydrogens is 600 g/mol. The van der Waals surface area contributed by atoms with Gasteiger partial charge in [0.15, 0.2) is 0 Å². The van der Waals surface area contributed by atoms with Gasteiger partial charge in [0.2, 0.25) is 12.2 Å². The van der Waals surface area contributed by atoms with E-state index in [1.165, 1.54) is 25.1 Å². The number of anilines is 1. The van der Waals surface area contributed by atoms with Crippen LogP contribution in [0.4, 0.5) is 10.5 Å². The number of hydrogen-bond acceptors (Lipinski definition) is 11. The molecule has 3 aromatic rings. The minimum atomic E-state index is -1.69. The number of hydrogen-bond donors (Lipinski definition) is 6. The number of fused-ring (bicyclic) bond motifs is 3. The van der Waals surface area contributed by atoms with Crippen molar-refractivity contribution in [1.29, 1.82) is 0 Å². The van der Waals surface area contributed by atoms with Gasteiger partial charge in [-0.2, -0.15) is 0 Å². The van der Waals surface area contributed by atoms with E-state index in [9.17, 15) is 34.8 Å². The highest BCUT2D eigenvalue weighted by atomic mass is 16.7. The lowest BCUT2D eigenvalue weighted by molar-refractivity contribution is -0.278. The number of alkyl carbamates (subject to hydrolysis) is 1. The summed E-state index contributed by atoms with van der Waals surface area (Å²) in [7, 11) is 0. The van der Waals surface area contributed by atoms with Gasteiger partial charge in [0.1, 0.15) is 43.4 Å². The molecule has 0 aromatic heterocycles. The molecule has 0 bridgehead atoms. The first-order valence-corrected chi connectivity index (χ1v) is 14.8. The molecule has 46 heavy (non-hydrogen) atoms. The van der Waals surface area contributed by atoms with E-state index in [-0.39, 0.29) is 43.5 Å². The summed E-state index contributed by atoms with van der Waals surface area (Å²) in [6.45, 7) is 0.516. The number of nitrogens with one attached hydrogen (secondary N) is 2. The summed E-state index contributed by atoms with van der Waals surface area (Å²) in [6, 6.07) is 20.3. The van der Waals surface area contributed by atoms with Crippen molar-refractivity contribution in [2.45, 2.75) is 56.6 Å². The van der Waals surface area contributed by atoms with Crippen LogP contribution in [0.2, 0.25) is 0 Å². The number of esters is 1. The first-order valence-electron chi connectivity index (χ1n) is 14.8. The number of aliphatic hydroxyl groups is 4. The van der Waals surface area contributed by atoms with Crippen molar-refractivity contribution in [2.75, 3.05) is 25.1 Å². The van der Waals surface area contributed by atoms with Crippen molar-refractivity contribution in [3.63, 3.8) is 0 Å². The zero-order valence-corrected chi connectivity index (χ0v) is 25.0. The van der Waals surface area contributed by atoms with E-state index in [0.29, 0.717) is 5.56 Å². The first-order chi connectivity index (χ1) is 22.2. The molecule has 2 aliphatic rings. The summed E-state index contributed by atoms with van der Waals surface area (Å²) < 4.78 is 21.7. The molecule has 1 aliphatic carbocycles. The van der Waals surface area contributed by atoms with E-state index in [1.807, 2.05) is 48.5 Å². The quantitative estimate of drug-likeness (QED) is 0.168. The third-order valence-corrected chi connectivity index (χ3v) is 7.83. The van der Waals surface area contributed by atoms with Gasteiger partial charge in [-0.1, -0.05) is 54.6 Å². The molecule has 1 aliphatic heterocycles. The van der Waals surface area contributed by atoms with Crippen LogP contribution in [0.15, 0.2) is 66.7 Å². The van der Waals surface area contributed by atoms with Crippen LogP contribution < -0.4 is 15.4 Å². The maximum Gasteiger partial charge on any atom is 0.407 e. The van der Waals surface area contributed by atoms with Gasteiger partial charge in [0.25, 0.3) is 0 Å². The Morgan fingerprint density at radius 2 is 1.52 bits per heavy atom. The zero-order chi connectivity index (χ0) is 32.8. The van der Waals surface area contributed by atoms with Crippen LogP contribution in [0, 0.1) is 0 Å². The Labute approximate surface area is 264 Å². The predicted octanol–water partition coefficient (Wildman–Crippen LogP) is 1.80. The molecule has 0 spiro atoms. The maximum absolute atomic E-state index is 12.8. The number of carbonyl (C=O) groups is 3. The molecule has 6 N–H and O–H groups in total. The van der Waals surface area contributed by atoms with Crippen molar-refractivity contribution in [1.82, 2.24) is 5.32 Å². The maximum atomic E-state index is 12.8. The van der Waals surface area contributed by atoms with E-state index in [0.717, 1.165) is 22.3 Å². The SMILES string of the molecule is CC(=O)OC[C@H]1O[C@@H](Oc2ccc(CO)cc2NC(=O)CCNC(=O)OCC2c3ccccc3-c3ccccc32)[C@H](O)[C@@H](O)[C@@H]1O. The third kappa shape index (κ3) is 7.46. The van der Waals surface area contributed by atoms with E-state index in [4.69, 9.17) is 18.9 Å². The lowest BCUT2D eigenvalue weighted by Gasteiger charge is -2.40. The molecule has 5 rings (SSSR count). The molecule has 1 fully saturated rings. The Kier molecular flexibility index (Phi) is 10.5. The Bertz CT molecular complexity index is 1520. The van der Waals surface area contributed by atoms with Crippen molar-refractivity contribution in [3.8, 4) is 16.9 Å². The van der Waals surface area contributed by atoms with Gasteiger partial charge in [-0.05, 0) is 39.9 Å². The highest BCUT2D eigenvalue weighted by Gasteiger charge is 2.45. The van der Waals surface area contributed by atoms with Crippen molar-refractivity contribution in [2.24, 2.45) is 0 Å². The highest BCUT2D eigenvalue weighted by molar-refractivity contribution is 5.92. The fourth-order valence-electron chi connectivity index (χ4n) is 5.49. The second kappa shape index (κ2) is 14.7. The van der Waals surface area contributed by atoms with Crippen LogP contribution in [0.5, 0.6) is 5.75 Å². The molecule has 3 aromatic carbocycles. The second-order valence-electron chi connectivity index (χ2n) is 11.0. The monoisotopic (exact) mass is 636 g/mol. The van der Waals surface area contributed by atoms with Gasteiger partial charge in [-0.3, -0.25) is 9.59 Å². The zero-order valence-electron chi connectivity index (χ0n) is 25.0. The summed E-state index contributed by atoms with van der Waals surface area (Å²) in [5, 5.41) is 45.8. The Hall–Kier alpha value is -4.53. The lowest BCUT2D eigenvalue weighted by atomic mass is 9.98. The van der Waals surface area contributed by atoms with Gasteiger partial charge >= 0.3 is 12.1 Å². The summed E-state index contributed by atoms with van der Waals surface area (Å²) in [5.41, 5.74) is 4.93. The van der Waals surface area contributed by atoms with Crippen LogP contribution in [-0.2, 0) is 30.4 Å². The molecule has 5 atom stereocenters. The average molecular weight is 637 g/mol. The van der Waals surface area contributed by atoms with E-state index < -0.39 is 55.3 Å². The third-order valence-electron chi connectivity index (χ3n) is 7.83. The van der Waals surface area contributed by atoms with E-state index in [1.54, 1.807) is 0 Å². The smallest absolute Gasteiger partial charge is 0.407 e. The van der Waals surface area contributed by atoms with Gasteiger partial charge in [-0.25, -0.2) is 4.79 Å². The number of aliphatic hydroxyl groups excluding tert-OH is 4. The molecule has 0 radical (unpaired) electrons. The fourth-order valence-corrected chi connectivity index (χ4v) is 5.49. The average Bonchev–Trinajstić information content (AvgIpc) is 3.37. The van der Waals surface area contributed by atoms with Crippen LogP contribution in [-0.4, -0.2) is 88.9 Å². The summed E-state index contributed by atoms with van der Waals surface area (Å²) in [6.07, 6.45) is -8.45. The fraction of sp³-hybridized carbons (Fsp3) is 0.364. The molecule has 1 heterocycles. The topological polar surface area (TPSA) is 193 Å². The normalized spacial score (nSPS) is 21.9. The van der Waals surface area contributed by atoms with Crippen LogP contribution in [0.3, 0.4) is 0 Å². The largest absolute Gasteiger partial charge is 0.463 e. The minimum absolute atomic E-state index is 0.0221. The van der Waals surface area contributed by atoms with Gasteiger partial charge in [0, 0.05) is 25.8 Å². The second-order valence-corrected chi connectivity index (χ2v) is 11.0. The predicted molar refractivity (Wildman–Crippen MR) is 163 cm³/mol. The standard InChI is InChI=1S/C33H36N2O11/c1-18(37)43-17-27-29(39)30(40)31(41)32(46-27)45-26-11-10-19(15-36)14-25(26)35-28(38)12-13-34-33(42)44-16-24-22-8-4-2-6-20(22)21-7-3-5-9-23(21)24/h2-11,14,24,27,29-32,36,39-41H,12-13,15-17H2,1H3,(H,34,42)(H,35,38)/t27-,29-,30+,31-,32-/m1/s1. The number of rotatable bonds is 11. The van der Waals surface area contributed by atoms with Crippen molar-refractivity contribution >= 4 is 23.7 Å². The van der Waals surface area contributed by atoms with Gasteiger partial charge in [0.05, 0.1) is 12.3 Å². The molecule has 0 saturated carbocycles. The van der Waals surface area contributed by atoms with E-state index in [2.05, 4.69) is 10.6 Å². The lowest BCUT2D eigenvalue weighted by Crippen LogP contribution is -2.60. The van der Waals surface area contributed by atoms with Crippen molar-refractivity contribution < 1.29 is 53.8 Å². The first kappa shape index (κ1) is 32.9. The molecule has 2 amide bonds. The molecule has 244 valence electrons.